The molecule has 0 atom stereocenters. The molecule has 0 heterocycles. The van der Waals surface area contributed by atoms with Gasteiger partial charge in [-0.25, -0.2) is 4.39 Å². The van der Waals surface area contributed by atoms with Crippen LogP contribution in [0.15, 0.2) is 10.9 Å². The van der Waals surface area contributed by atoms with E-state index in [1.165, 1.54) is 13.8 Å². The van der Waals surface area contributed by atoms with Crippen molar-refractivity contribution in [3.8, 4) is 0 Å². The third-order valence-electron chi connectivity index (χ3n) is 0.965. The van der Waals surface area contributed by atoms with E-state index >= 15 is 0 Å². The van der Waals surface area contributed by atoms with E-state index in [1.54, 1.807) is 0 Å². The third kappa shape index (κ3) is 3.10. The van der Waals surface area contributed by atoms with Gasteiger partial charge in [-0.15, -0.1) is 0 Å². The molecule has 0 aromatic carbocycles. The molecule has 5 heteroatoms. The van der Waals surface area contributed by atoms with Gasteiger partial charge in [0.1, 0.15) is 0 Å². The molecule has 0 amide bonds. The number of hydrogen-bond acceptors (Lipinski definition) is 0. The minimum atomic E-state index is -4.96. The molecule has 0 saturated carbocycles. The van der Waals surface area contributed by atoms with Gasteiger partial charge < -0.3 is 0 Å². The van der Waals surface area contributed by atoms with Gasteiger partial charge in [-0.2, -0.15) is 13.2 Å². The third-order valence-corrected chi connectivity index (χ3v) is 1.57. The Kier molecular flexibility index (Phi) is 3.35. The second-order valence-electron chi connectivity index (χ2n) is 2.31. The highest BCUT2D eigenvalue weighted by molar-refractivity contribution is 6.30. The zero-order chi connectivity index (χ0) is 9.23. The Labute approximate surface area is 66.8 Å². The summed E-state index contributed by atoms with van der Waals surface area (Å²) in [5, 5.41) is -0.780. The summed E-state index contributed by atoms with van der Waals surface area (Å²) in [6.07, 6.45) is -4.96. The molecule has 0 aromatic rings. The maximum absolute atomic E-state index is 12.2. The zero-order valence-corrected chi connectivity index (χ0v) is 6.72. The zero-order valence-electron chi connectivity index (χ0n) is 5.97. The summed E-state index contributed by atoms with van der Waals surface area (Å²) in [5.41, 5.74) is 0. The molecule has 0 bridgehead atoms. The summed E-state index contributed by atoms with van der Waals surface area (Å²) < 4.78 is 46.8. The van der Waals surface area contributed by atoms with E-state index < -0.39 is 23.0 Å². The lowest BCUT2D eigenvalue weighted by Crippen LogP contribution is -2.10. The predicted octanol–water partition coefficient (Wildman–Crippen LogP) is 3.62. The topological polar surface area (TPSA) is 0 Å². The van der Waals surface area contributed by atoms with Crippen LogP contribution in [0.25, 0.3) is 0 Å². The van der Waals surface area contributed by atoms with Gasteiger partial charge in [-0.1, -0.05) is 25.4 Å². The first-order valence-electron chi connectivity index (χ1n) is 2.89. The van der Waals surface area contributed by atoms with Crippen LogP contribution >= 0.6 is 11.6 Å². The summed E-state index contributed by atoms with van der Waals surface area (Å²) in [5.74, 6) is -2.84. The van der Waals surface area contributed by atoms with Crippen LogP contribution in [0.2, 0.25) is 0 Å². The van der Waals surface area contributed by atoms with Crippen LogP contribution in [0.5, 0.6) is 0 Å². The van der Waals surface area contributed by atoms with E-state index in [1.807, 2.05) is 0 Å². The van der Waals surface area contributed by atoms with Crippen molar-refractivity contribution in [3.63, 3.8) is 0 Å². The maximum atomic E-state index is 12.2. The molecule has 0 fully saturated rings. The molecular formula is C6H7ClF4. The van der Waals surface area contributed by atoms with Gasteiger partial charge in [-0.05, 0) is 5.92 Å². The number of rotatable bonds is 1. The minimum Gasteiger partial charge on any atom is -0.200 e. The lowest BCUT2D eigenvalue weighted by atomic mass is 10.2. The van der Waals surface area contributed by atoms with E-state index in [2.05, 4.69) is 0 Å². The highest BCUT2D eigenvalue weighted by atomic mass is 35.5. The molecular weight excluding hydrogens is 184 g/mol. The van der Waals surface area contributed by atoms with Gasteiger partial charge in [0.2, 0.25) is 5.83 Å². The molecule has 66 valence electrons. The number of halogens is 5. The van der Waals surface area contributed by atoms with Crippen LogP contribution in [0.4, 0.5) is 17.6 Å². The first-order chi connectivity index (χ1) is 4.76. The van der Waals surface area contributed by atoms with Crippen molar-refractivity contribution in [2.24, 2.45) is 5.92 Å². The number of alkyl halides is 3. The van der Waals surface area contributed by atoms with Crippen molar-refractivity contribution in [1.29, 1.82) is 0 Å². The molecule has 0 aliphatic carbocycles. The maximum Gasteiger partial charge on any atom is 0.444 e. The molecule has 0 nitrogen and oxygen atoms in total. The van der Waals surface area contributed by atoms with Crippen molar-refractivity contribution in [2.75, 3.05) is 0 Å². The SMILES string of the molecule is CC(C)/C(Cl)=C(\F)C(F)(F)F. The Hall–Kier alpha value is -0.250. The highest BCUT2D eigenvalue weighted by Gasteiger charge is 2.37. The second kappa shape index (κ2) is 3.43. The van der Waals surface area contributed by atoms with Crippen LogP contribution in [-0.2, 0) is 0 Å². The minimum absolute atomic E-state index is 0.640. The van der Waals surface area contributed by atoms with Crippen molar-refractivity contribution < 1.29 is 17.6 Å². The standard InChI is InChI=1S/C6H7ClF4/c1-3(2)4(7)5(8)6(9,10)11/h3H,1-2H3/b5-4+. The molecule has 0 aromatic heterocycles. The summed E-state index contributed by atoms with van der Waals surface area (Å²) in [6, 6.07) is 0. The normalized spacial score (nSPS) is 15.3. The molecule has 0 spiro atoms. The summed E-state index contributed by atoms with van der Waals surface area (Å²) in [6.45, 7) is 2.77. The average Bonchev–Trinajstić information content (AvgIpc) is 1.82. The number of hydrogen-bond donors (Lipinski definition) is 0. The second-order valence-corrected chi connectivity index (χ2v) is 2.72. The lowest BCUT2D eigenvalue weighted by molar-refractivity contribution is -0.109. The molecule has 0 saturated heterocycles. The quantitative estimate of drug-likeness (QED) is 0.554. The van der Waals surface area contributed by atoms with Crippen LogP contribution in [-0.4, -0.2) is 6.18 Å². The molecule has 11 heavy (non-hydrogen) atoms. The largest absolute Gasteiger partial charge is 0.444 e. The molecule has 0 radical (unpaired) electrons. The lowest BCUT2D eigenvalue weighted by Gasteiger charge is -2.07. The Morgan fingerprint density at radius 3 is 1.73 bits per heavy atom. The van der Waals surface area contributed by atoms with Crippen LogP contribution in [0.1, 0.15) is 13.8 Å². The average molecular weight is 191 g/mol. The van der Waals surface area contributed by atoms with Gasteiger partial charge in [0.25, 0.3) is 0 Å². The molecule has 0 unspecified atom stereocenters. The first kappa shape index (κ1) is 10.8. The molecule has 0 N–H and O–H groups in total. The van der Waals surface area contributed by atoms with Gasteiger partial charge in [0.15, 0.2) is 0 Å². The van der Waals surface area contributed by atoms with Gasteiger partial charge >= 0.3 is 6.18 Å². The van der Waals surface area contributed by atoms with Crippen LogP contribution < -0.4 is 0 Å². The molecule has 0 aliphatic heterocycles. The predicted molar refractivity (Wildman–Crippen MR) is 34.9 cm³/mol. The van der Waals surface area contributed by atoms with Crippen molar-refractivity contribution in [1.82, 2.24) is 0 Å². The smallest absolute Gasteiger partial charge is 0.200 e. The van der Waals surface area contributed by atoms with E-state index in [0.29, 0.717) is 0 Å². The molecule has 0 aliphatic rings. The molecule has 0 rings (SSSR count). The summed E-state index contributed by atoms with van der Waals surface area (Å²) >= 11 is 5.04. The van der Waals surface area contributed by atoms with Crippen molar-refractivity contribution in [3.05, 3.63) is 10.9 Å². The van der Waals surface area contributed by atoms with Gasteiger partial charge in [-0.3, -0.25) is 0 Å². The van der Waals surface area contributed by atoms with Gasteiger partial charge in [0, 0.05) is 0 Å². The van der Waals surface area contributed by atoms with E-state index in [9.17, 15) is 17.6 Å². The fourth-order valence-electron chi connectivity index (χ4n) is 0.389. The van der Waals surface area contributed by atoms with Crippen molar-refractivity contribution >= 4 is 11.6 Å². The van der Waals surface area contributed by atoms with E-state index in [0.717, 1.165) is 0 Å². The highest BCUT2D eigenvalue weighted by Crippen LogP contribution is 2.33. The fraction of sp³-hybridized carbons (Fsp3) is 0.667. The summed E-state index contributed by atoms with van der Waals surface area (Å²) in [4.78, 5) is 0. The van der Waals surface area contributed by atoms with E-state index in [-0.39, 0.29) is 0 Å². The van der Waals surface area contributed by atoms with Crippen LogP contribution in [0.3, 0.4) is 0 Å². The number of allylic oxidation sites excluding steroid dienone is 2. The Bertz CT molecular complexity index is 168. The monoisotopic (exact) mass is 190 g/mol. The Balaban J connectivity index is 4.67. The summed E-state index contributed by atoms with van der Waals surface area (Å²) in [7, 11) is 0. The van der Waals surface area contributed by atoms with E-state index in [4.69, 9.17) is 11.6 Å². The van der Waals surface area contributed by atoms with Crippen molar-refractivity contribution in [2.45, 2.75) is 20.0 Å². The Morgan fingerprint density at radius 2 is 1.64 bits per heavy atom. The van der Waals surface area contributed by atoms with Gasteiger partial charge in [0.05, 0.1) is 5.03 Å². The van der Waals surface area contributed by atoms with Crippen LogP contribution in [0, 0.1) is 5.92 Å². The first-order valence-corrected chi connectivity index (χ1v) is 3.27. The fourth-order valence-corrected chi connectivity index (χ4v) is 0.496. The Morgan fingerprint density at radius 1 is 1.27 bits per heavy atom.